The summed E-state index contributed by atoms with van der Waals surface area (Å²) in [6, 6.07) is 0.554. The molecule has 1 aliphatic heterocycles. The molecule has 2 rings (SSSR count). The number of methoxy groups -OCH3 is 1. The minimum Gasteiger partial charge on any atom is -0.497 e. The van der Waals surface area contributed by atoms with Crippen LogP contribution in [0, 0.1) is 0 Å². The predicted molar refractivity (Wildman–Crippen MR) is 78.7 cm³/mol. The molecule has 0 aromatic heterocycles. The van der Waals surface area contributed by atoms with Crippen LogP contribution in [0.3, 0.4) is 0 Å². The van der Waals surface area contributed by atoms with Crippen LogP contribution >= 0.6 is 0 Å². The van der Waals surface area contributed by atoms with E-state index in [0.29, 0.717) is 6.07 Å². The van der Waals surface area contributed by atoms with E-state index in [0.717, 1.165) is 7.11 Å². The summed E-state index contributed by atoms with van der Waals surface area (Å²) >= 11 is 0. The number of halogens is 6. The second-order valence-electron chi connectivity index (χ2n) is 6.72. The Labute approximate surface area is 141 Å². The molecule has 1 fully saturated rings. The number of alkyl halides is 6. The van der Waals surface area contributed by atoms with E-state index in [9.17, 15) is 26.3 Å². The van der Waals surface area contributed by atoms with Crippen molar-refractivity contribution in [3.8, 4) is 5.75 Å². The Balaban J connectivity index is 2.69. The Morgan fingerprint density at radius 1 is 0.880 bits per heavy atom. The number of hydrogen-bond acceptors (Lipinski definition) is 3. The Morgan fingerprint density at radius 3 is 1.72 bits per heavy atom. The first-order chi connectivity index (χ1) is 11.1. The number of ether oxygens (including phenoxy) is 1. The van der Waals surface area contributed by atoms with Gasteiger partial charge in [-0.2, -0.15) is 26.3 Å². The lowest BCUT2D eigenvalue weighted by atomic mass is 9.74. The van der Waals surface area contributed by atoms with Crippen LogP contribution in [0.25, 0.3) is 0 Å². The molecule has 0 amide bonds. The van der Waals surface area contributed by atoms with Crippen molar-refractivity contribution in [2.24, 2.45) is 0 Å². The van der Waals surface area contributed by atoms with Gasteiger partial charge in [-0.15, -0.1) is 0 Å². The van der Waals surface area contributed by atoms with Crippen molar-refractivity contribution in [2.45, 2.75) is 51.2 Å². The molecule has 140 valence electrons. The van der Waals surface area contributed by atoms with Crippen LogP contribution in [0.2, 0.25) is 0 Å². The van der Waals surface area contributed by atoms with E-state index in [1.807, 2.05) is 0 Å². The van der Waals surface area contributed by atoms with Crippen LogP contribution in [0.4, 0.5) is 26.3 Å². The summed E-state index contributed by atoms with van der Waals surface area (Å²) in [6.07, 6.45) is -10.0. The van der Waals surface area contributed by atoms with Crippen molar-refractivity contribution < 1.29 is 40.4 Å². The highest BCUT2D eigenvalue weighted by Crippen LogP contribution is 2.41. The van der Waals surface area contributed by atoms with Gasteiger partial charge < -0.3 is 14.0 Å². The molecule has 0 N–H and O–H groups in total. The van der Waals surface area contributed by atoms with Gasteiger partial charge in [0, 0.05) is 5.46 Å². The molecule has 3 nitrogen and oxygen atoms in total. The van der Waals surface area contributed by atoms with E-state index >= 15 is 0 Å². The smallest absolute Gasteiger partial charge is 0.497 e. The molecule has 1 aliphatic rings. The summed E-state index contributed by atoms with van der Waals surface area (Å²) in [6.45, 7) is 6.49. The molecule has 0 bridgehead atoms. The Bertz CT molecular complexity index is 650. The van der Waals surface area contributed by atoms with E-state index in [1.54, 1.807) is 27.7 Å². The van der Waals surface area contributed by atoms with Gasteiger partial charge in [-0.1, -0.05) is 0 Å². The SMILES string of the molecule is COc1cc(C(F)(F)F)cc(C(F)(F)F)c1B1OC(C)(C)C(C)(C)O1. The third-order valence-electron chi connectivity index (χ3n) is 4.48. The molecule has 0 saturated carbocycles. The van der Waals surface area contributed by atoms with Gasteiger partial charge in [-0.25, -0.2) is 0 Å². The van der Waals surface area contributed by atoms with Crippen LogP contribution < -0.4 is 10.2 Å². The van der Waals surface area contributed by atoms with Crippen LogP contribution in [-0.2, 0) is 21.7 Å². The van der Waals surface area contributed by atoms with Crippen molar-refractivity contribution in [3.05, 3.63) is 23.3 Å². The zero-order valence-corrected chi connectivity index (χ0v) is 14.2. The van der Waals surface area contributed by atoms with E-state index in [-0.39, 0.29) is 6.07 Å². The van der Waals surface area contributed by atoms with Gasteiger partial charge in [0.15, 0.2) is 0 Å². The molecule has 25 heavy (non-hydrogen) atoms. The van der Waals surface area contributed by atoms with Gasteiger partial charge >= 0.3 is 19.5 Å². The molecular weight excluding hydrogens is 353 g/mol. The summed E-state index contributed by atoms with van der Waals surface area (Å²) < 4.78 is 95.1. The van der Waals surface area contributed by atoms with E-state index in [1.165, 1.54) is 0 Å². The Morgan fingerprint density at radius 2 is 1.36 bits per heavy atom. The Hall–Kier alpha value is -1.42. The maximum Gasteiger partial charge on any atom is 0.499 e. The lowest BCUT2D eigenvalue weighted by molar-refractivity contribution is -0.142. The summed E-state index contributed by atoms with van der Waals surface area (Å²) in [5.41, 5.74) is -5.50. The first kappa shape index (κ1) is 19.9. The maximum atomic E-state index is 13.4. The standard InChI is InChI=1S/C15H17BF6O3/c1-12(2)13(3,4)25-16(24-12)11-9(15(20,21)22)6-8(14(17,18)19)7-10(11)23-5/h6-7H,1-5H3. The largest absolute Gasteiger partial charge is 0.499 e. The lowest BCUT2D eigenvalue weighted by Crippen LogP contribution is -2.41. The quantitative estimate of drug-likeness (QED) is 0.581. The van der Waals surface area contributed by atoms with Gasteiger partial charge in [0.25, 0.3) is 0 Å². The second-order valence-corrected chi connectivity index (χ2v) is 6.72. The molecule has 1 aromatic carbocycles. The van der Waals surface area contributed by atoms with E-state index in [2.05, 4.69) is 0 Å². The van der Waals surface area contributed by atoms with Gasteiger partial charge in [-0.05, 0) is 39.8 Å². The average molecular weight is 370 g/mol. The van der Waals surface area contributed by atoms with E-state index < -0.39 is 53.0 Å². The molecule has 0 aliphatic carbocycles. The minimum absolute atomic E-state index is 0.0445. The maximum absolute atomic E-state index is 13.4. The topological polar surface area (TPSA) is 27.7 Å². The summed E-state index contributed by atoms with van der Waals surface area (Å²) in [5.74, 6) is -0.597. The Kier molecular flexibility index (Phi) is 4.62. The number of hydrogen-bond donors (Lipinski definition) is 0. The highest BCUT2D eigenvalue weighted by Gasteiger charge is 2.55. The van der Waals surface area contributed by atoms with Crippen molar-refractivity contribution in [3.63, 3.8) is 0 Å². The van der Waals surface area contributed by atoms with Gasteiger partial charge in [0.2, 0.25) is 0 Å². The van der Waals surface area contributed by atoms with Crippen LogP contribution in [0.15, 0.2) is 12.1 Å². The minimum atomic E-state index is -5.05. The molecule has 1 heterocycles. The van der Waals surface area contributed by atoms with Gasteiger partial charge in [0.05, 0.1) is 29.4 Å². The van der Waals surface area contributed by atoms with Crippen LogP contribution in [-0.4, -0.2) is 25.4 Å². The monoisotopic (exact) mass is 370 g/mol. The summed E-state index contributed by atoms with van der Waals surface area (Å²) in [4.78, 5) is 0. The third kappa shape index (κ3) is 3.60. The van der Waals surface area contributed by atoms with Gasteiger partial charge in [-0.3, -0.25) is 0 Å². The fourth-order valence-corrected chi connectivity index (χ4v) is 2.40. The van der Waals surface area contributed by atoms with Crippen LogP contribution in [0.1, 0.15) is 38.8 Å². The lowest BCUT2D eigenvalue weighted by Gasteiger charge is -2.32. The molecule has 10 heteroatoms. The van der Waals surface area contributed by atoms with Crippen molar-refractivity contribution in [1.82, 2.24) is 0 Å². The fourth-order valence-electron chi connectivity index (χ4n) is 2.40. The summed E-state index contributed by atoms with van der Waals surface area (Å²) in [7, 11) is -0.524. The zero-order chi connectivity index (χ0) is 19.4. The normalized spacial score (nSPS) is 20.0. The van der Waals surface area contributed by atoms with Crippen LogP contribution in [0.5, 0.6) is 5.75 Å². The highest BCUT2D eigenvalue weighted by atomic mass is 19.4. The average Bonchev–Trinajstić information content (AvgIpc) is 2.63. The molecule has 0 unspecified atom stereocenters. The fraction of sp³-hybridized carbons (Fsp3) is 0.600. The highest BCUT2D eigenvalue weighted by molar-refractivity contribution is 6.63. The predicted octanol–water partition coefficient (Wildman–Crippen LogP) is 4.03. The second kappa shape index (κ2) is 5.80. The van der Waals surface area contributed by atoms with Crippen molar-refractivity contribution >= 4 is 12.6 Å². The third-order valence-corrected chi connectivity index (χ3v) is 4.48. The summed E-state index contributed by atoms with van der Waals surface area (Å²) in [5, 5.41) is 0. The first-order valence-electron chi connectivity index (χ1n) is 7.32. The molecule has 1 saturated heterocycles. The van der Waals surface area contributed by atoms with Gasteiger partial charge in [0.1, 0.15) is 5.75 Å². The van der Waals surface area contributed by atoms with Crippen molar-refractivity contribution in [1.29, 1.82) is 0 Å². The zero-order valence-electron chi connectivity index (χ0n) is 14.2. The molecule has 0 atom stereocenters. The van der Waals surface area contributed by atoms with E-state index in [4.69, 9.17) is 14.0 Å². The van der Waals surface area contributed by atoms with Crippen molar-refractivity contribution in [2.75, 3.05) is 7.11 Å². The number of rotatable bonds is 2. The first-order valence-corrected chi connectivity index (χ1v) is 7.32. The number of benzene rings is 1. The molecule has 0 spiro atoms. The molecule has 0 radical (unpaired) electrons. The molecular formula is C15H17BF6O3. The molecule has 1 aromatic rings.